The highest BCUT2D eigenvalue weighted by atomic mass is 79.9. The van der Waals surface area contributed by atoms with Gasteiger partial charge in [-0.05, 0) is 27.4 Å². The summed E-state index contributed by atoms with van der Waals surface area (Å²) >= 11 is 2.81. The van der Waals surface area contributed by atoms with Crippen molar-refractivity contribution in [3.63, 3.8) is 0 Å². The molecule has 0 fully saturated rings. The van der Waals surface area contributed by atoms with Crippen LogP contribution in [-0.4, -0.2) is 23.1 Å². The van der Waals surface area contributed by atoms with Crippen LogP contribution in [0.4, 0.5) is 19.3 Å². The first-order valence-corrected chi connectivity index (χ1v) is 6.76. The molecule has 1 aromatic carbocycles. The summed E-state index contributed by atoms with van der Waals surface area (Å²) in [5.74, 6) is -2.82. The topological polar surface area (TPSA) is 78.4 Å². The van der Waals surface area contributed by atoms with E-state index in [4.69, 9.17) is 5.11 Å². The lowest BCUT2D eigenvalue weighted by atomic mass is 9.87. The first-order chi connectivity index (χ1) is 9.52. The third-order valence-electron chi connectivity index (χ3n) is 2.65. The Morgan fingerprint density at radius 2 is 1.81 bits per heavy atom. The zero-order valence-corrected chi connectivity index (χ0v) is 13.2. The van der Waals surface area contributed by atoms with Gasteiger partial charge >= 0.3 is 12.0 Å². The maximum Gasteiger partial charge on any atom is 0.326 e. The molecule has 116 valence electrons. The predicted molar refractivity (Wildman–Crippen MR) is 77.1 cm³/mol. The third-order valence-corrected chi connectivity index (χ3v) is 3.25. The highest BCUT2D eigenvalue weighted by Gasteiger charge is 2.32. The maximum absolute atomic E-state index is 13.6. The average molecular weight is 365 g/mol. The number of rotatable bonds is 3. The summed E-state index contributed by atoms with van der Waals surface area (Å²) in [4.78, 5) is 22.9. The van der Waals surface area contributed by atoms with Crippen molar-refractivity contribution in [1.29, 1.82) is 0 Å². The number of carboxylic acid groups (broad SMARTS) is 1. The minimum Gasteiger partial charge on any atom is -0.480 e. The summed E-state index contributed by atoms with van der Waals surface area (Å²) in [7, 11) is 0. The van der Waals surface area contributed by atoms with E-state index in [-0.39, 0.29) is 10.2 Å². The minimum absolute atomic E-state index is 0.0796. The van der Waals surface area contributed by atoms with Gasteiger partial charge in [0.2, 0.25) is 0 Å². The number of nitrogens with one attached hydrogen (secondary N) is 2. The maximum atomic E-state index is 13.6. The van der Waals surface area contributed by atoms with Crippen LogP contribution in [0.15, 0.2) is 16.6 Å². The summed E-state index contributed by atoms with van der Waals surface area (Å²) in [5, 5.41) is 13.4. The summed E-state index contributed by atoms with van der Waals surface area (Å²) in [5.41, 5.74) is -1.13. The Morgan fingerprint density at radius 1 is 1.24 bits per heavy atom. The molecule has 0 aliphatic rings. The van der Waals surface area contributed by atoms with Crippen molar-refractivity contribution >= 4 is 33.6 Å². The monoisotopic (exact) mass is 364 g/mol. The smallest absolute Gasteiger partial charge is 0.326 e. The van der Waals surface area contributed by atoms with Gasteiger partial charge in [-0.3, -0.25) is 0 Å². The molecule has 1 rings (SSSR count). The number of benzene rings is 1. The molecule has 0 saturated heterocycles. The van der Waals surface area contributed by atoms with Crippen LogP contribution in [0.1, 0.15) is 20.8 Å². The van der Waals surface area contributed by atoms with E-state index in [9.17, 15) is 18.4 Å². The van der Waals surface area contributed by atoms with E-state index in [1.54, 1.807) is 20.8 Å². The van der Waals surface area contributed by atoms with E-state index in [0.29, 0.717) is 0 Å². The molecule has 0 unspecified atom stereocenters. The van der Waals surface area contributed by atoms with Gasteiger partial charge < -0.3 is 15.7 Å². The molecule has 0 bridgehead atoms. The fraction of sp³-hybridized carbons (Fsp3) is 0.385. The SMILES string of the molecule is CC(C)(C)[C@@H](NC(=O)Nc1cc(F)c(Br)cc1F)C(=O)O. The molecule has 5 nitrogen and oxygen atoms in total. The van der Waals surface area contributed by atoms with Crippen molar-refractivity contribution < 1.29 is 23.5 Å². The second kappa shape index (κ2) is 6.38. The molecule has 0 aliphatic carbocycles. The number of carbonyl (C=O) groups is 2. The van der Waals surface area contributed by atoms with Crippen LogP contribution < -0.4 is 10.6 Å². The van der Waals surface area contributed by atoms with Crippen LogP contribution >= 0.6 is 15.9 Å². The molecule has 0 radical (unpaired) electrons. The Hall–Kier alpha value is -1.70. The van der Waals surface area contributed by atoms with Crippen molar-refractivity contribution in [3.8, 4) is 0 Å². The first kappa shape index (κ1) is 17.4. The molecule has 0 saturated carbocycles. The van der Waals surface area contributed by atoms with Gasteiger partial charge in [-0.1, -0.05) is 20.8 Å². The van der Waals surface area contributed by atoms with Gasteiger partial charge in [0.15, 0.2) is 0 Å². The van der Waals surface area contributed by atoms with Crippen LogP contribution in [0.25, 0.3) is 0 Å². The number of hydrogen-bond donors (Lipinski definition) is 3. The molecule has 21 heavy (non-hydrogen) atoms. The third kappa shape index (κ3) is 4.66. The number of anilines is 1. The number of aliphatic carboxylic acids is 1. The standard InChI is InChI=1S/C13H15BrF2N2O3/c1-13(2,3)10(11(19)20)18-12(21)17-9-5-7(15)6(14)4-8(9)16/h4-5,10H,1-3H3,(H,19,20)(H2,17,18,21)/t10-/m0/s1. The van der Waals surface area contributed by atoms with Gasteiger partial charge in [0.05, 0.1) is 10.2 Å². The Bertz CT molecular complexity index is 573. The average Bonchev–Trinajstić information content (AvgIpc) is 2.31. The molecule has 0 aliphatic heterocycles. The Balaban J connectivity index is 2.87. The van der Waals surface area contributed by atoms with Crippen LogP contribution in [0.5, 0.6) is 0 Å². The number of carbonyl (C=O) groups excluding carboxylic acids is 1. The fourth-order valence-corrected chi connectivity index (χ4v) is 1.87. The van der Waals surface area contributed by atoms with E-state index < -0.39 is 35.1 Å². The van der Waals surface area contributed by atoms with Crippen molar-refractivity contribution in [1.82, 2.24) is 5.32 Å². The molecule has 0 aromatic heterocycles. The van der Waals surface area contributed by atoms with Crippen LogP contribution in [0.2, 0.25) is 0 Å². The Labute approximate surface area is 128 Å². The van der Waals surface area contributed by atoms with E-state index in [1.807, 2.05) is 0 Å². The molecule has 3 N–H and O–H groups in total. The number of hydrogen-bond acceptors (Lipinski definition) is 2. The van der Waals surface area contributed by atoms with Crippen LogP contribution in [0.3, 0.4) is 0 Å². The van der Waals surface area contributed by atoms with Gasteiger partial charge in [-0.25, -0.2) is 18.4 Å². The molecule has 1 atom stereocenters. The van der Waals surface area contributed by atoms with Crippen molar-refractivity contribution in [2.24, 2.45) is 5.41 Å². The summed E-state index contributed by atoms with van der Waals surface area (Å²) in [6.45, 7) is 4.89. The van der Waals surface area contributed by atoms with E-state index >= 15 is 0 Å². The lowest BCUT2D eigenvalue weighted by molar-refractivity contribution is -0.141. The zero-order valence-electron chi connectivity index (χ0n) is 11.6. The van der Waals surface area contributed by atoms with Gasteiger partial charge in [-0.2, -0.15) is 0 Å². The number of halogens is 3. The predicted octanol–water partition coefficient (Wildman–Crippen LogP) is 3.35. The summed E-state index contributed by atoms with van der Waals surface area (Å²) in [6.07, 6.45) is 0. The minimum atomic E-state index is -1.22. The van der Waals surface area contributed by atoms with Gasteiger partial charge in [-0.15, -0.1) is 0 Å². The van der Waals surface area contributed by atoms with Crippen molar-refractivity contribution in [2.45, 2.75) is 26.8 Å². The largest absolute Gasteiger partial charge is 0.480 e. The molecule has 8 heteroatoms. The lowest BCUT2D eigenvalue weighted by Gasteiger charge is -2.27. The molecule has 0 spiro atoms. The van der Waals surface area contributed by atoms with Crippen molar-refractivity contribution in [2.75, 3.05) is 5.32 Å². The van der Waals surface area contributed by atoms with E-state index in [0.717, 1.165) is 12.1 Å². The molecular formula is C13H15BrF2N2O3. The molecule has 1 aromatic rings. The zero-order chi connectivity index (χ0) is 16.4. The van der Waals surface area contributed by atoms with Crippen LogP contribution in [0, 0.1) is 17.0 Å². The highest BCUT2D eigenvalue weighted by molar-refractivity contribution is 9.10. The van der Waals surface area contributed by atoms with E-state index in [2.05, 4.69) is 26.6 Å². The van der Waals surface area contributed by atoms with Crippen molar-refractivity contribution in [3.05, 3.63) is 28.2 Å². The van der Waals surface area contributed by atoms with Gasteiger partial charge in [0.25, 0.3) is 0 Å². The van der Waals surface area contributed by atoms with Gasteiger partial charge in [0, 0.05) is 6.07 Å². The summed E-state index contributed by atoms with van der Waals surface area (Å²) in [6, 6.07) is -0.450. The van der Waals surface area contributed by atoms with Gasteiger partial charge in [0.1, 0.15) is 17.7 Å². The molecule has 2 amide bonds. The number of amides is 2. The number of urea groups is 1. The van der Waals surface area contributed by atoms with Crippen LogP contribution in [-0.2, 0) is 4.79 Å². The van der Waals surface area contributed by atoms with E-state index in [1.165, 1.54) is 0 Å². The molecule has 0 heterocycles. The first-order valence-electron chi connectivity index (χ1n) is 5.97. The quantitative estimate of drug-likeness (QED) is 0.719. The second-order valence-electron chi connectivity index (χ2n) is 5.48. The summed E-state index contributed by atoms with van der Waals surface area (Å²) < 4.78 is 26.8. The second-order valence-corrected chi connectivity index (χ2v) is 6.34. The highest BCUT2D eigenvalue weighted by Crippen LogP contribution is 2.24. The molecular weight excluding hydrogens is 350 g/mol. The Kier molecular flexibility index (Phi) is 5.27. The normalized spacial score (nSPS) is 12.7. The fourth-order valence-electron chi connectivity index (χ4n) is 1.56. The number of carboxylic acids is 1. The lowest BCUT2D eigenvalue weighted by Crippen LogP contribution is -2.50. The Morgan fingerprint density at radius 3 is 2.29 bits per heavy atom.